The van der Waals surface area contributed by atoms with Crippen molar-refractivity contribution in [3.05, 3.63) is 226 Å². The minimum absolute atomic E-state index is 0.242. The minimum Gasteiger partial charge on any atom is -0.465 e. The third kappa shape index (κ3) is 11.4. The van der Waals surface area contributed by atoms with Gasteiger partial charge in [0.1, 0.15) is 30.5 Å². The summed E-state index contributed by atoms with van der Waals surface area (Å²) in [6.07, 6.45) is -2.51. The van der Waals surface area contributed by atoms with Gasteiger partial charge < -0.3 is 33.2 Å². The van der Waals surface area contributed by atoms with E-state index in [-0.39, 0.29) is 12.6 Å². The molecule has 8 nitrogen and oxygen atoms in total. The van der Waals surface area contributed by atoms with E-state index >= 15 is 0 Å². The summed E-state index contributed by atoms with van der Waals surface area (Å²) in [7, 11) is 3.12. The van der Waals surface area contributed by atoms with Crippen LogP contribution in [0.4, 0.5) is 0 Å². The van der Waals surface area contributed by atoms with Gasteiger partial charge in [-0.15, -0.1) is 0 Å². The molecule has 1 heterocycles. The maximum atomic E-state index is 13.4. The lowest BCUT2D eigenvalue weighted by Gasteiger charge is -2.46. The van der Waals surface area contributed by atoms with Crippen LogP contribution < -0.4 is 0 Å². The molecule has 0 aromatic heterocycles. The van der Waals surface area contributed by atoms with Crippen molar-refractivity contribution < 1.29 is 38.0 Å². The maximum Gasteiger partial charge on any atom is 0.338 e. The zero-order valence-electron chi connectivity index (χ0n) is 35.8. The number of hydrogen-bond acceptors (Lipinski definition) is 8. The highest BCUT2D eigenvalue weighted by molar-refractivity contribution is 6.01. The molecule has 0 saturated carbocycles. The third-order valence-corrected chi connectivity index (χ3v) is 11.4. The molecule has 8 heteroatoms. The number of rotatable bonds is 19. The van der Waals surface area contributed by atoms with Gasteiger partial charge in [0.15, 0.2) is 0 Å². The number of hydrogen-bond donors (Lipinski definition) is 0. The van der Waals surface area contributed by atoms with Gasteiger partial charge in [-0.3, -0.25) is 0 Å². The predicted molar refractivity (Wildman–Crippen MR) is 243 cm³/mol. The van der Waals surface area contributed by atoms with Crippen LogP contribution >= 0.6 is 0 Å². The Hall–Kier alpha value is -5.97. The topological polar surface area (TPSA) is 81.7 Å². The molecule has 0 unspecified atom stereocenters. The van der Waals surface area contributed by atoms with Gasteiger partial charge in [0.25, 0.3) is 0 Å². The molecule has 1 fully saturated rings. The number of carbonyl (C=O) groups excluding carboxylic acids is 1. The van der Waals surface area contributed by atoms with Gasteiger partial charge in [-0.1, -0.05) is 170 Å². The zero-order valence-corrected chi connectivity index (χ0v) is 35.8. The molecule has 0 radical (unpaired) electrons. The van der Waals surface area contributed by atoms with Crippen molar-refractivity contribution in [3.8, 4) is 11.1 Å². The monoisotopic (exact) mass is 842 g/mol. The second-order valence-electron chi connectivity index (χ2n) is 15.9. The molecule has 0 bridgehead atoms. The lowest BCUT2D eigenvalue weighted by atomic mass is 9.88. The van der Waals surface area contributed by atoms with E-state index in [0.717, 1.165) is 55.6 Å². The van der Waals surface area contributed by atoms with Crippen molar-refractivity contribution in [3.63, 3.8) is 0 Å². The Balaban J connectivity index is 1.21. The van der Waals surface area contributed by atoms with Gasteiger partial charge in [-0.25, -0.2) is 4.79 Å². The highest BCUT2D eigenvalue weighted by atomic mass is 16.6. The van der Waals surface area contributed by atoms with Crippen molar-refractivity contribution in [1.29, 1.82) is 0 Å². The molecule has 1 saturated heterocycles. The van der Waals surface area contributed by atoms with E-state index in [1.165, 1.54) is 7.11 Å². The van der Waals surface area contributed by atoms with Gasteiger partial charge in [0.2, 0.25) is 0 Å². The van der Waals surface area contributed by atoms with Crippen LogP contribution in [-0.2, 0) is 72.6 Å². The van der Waals surface area contributed by atoms with Gasteiger partial charge >= 0.3 is 5.97 Å². The molecular weight excluding hydrogens is 789 g/mol. The van der Waals surface area contributed by atoms with Crippen molar-refractivity contribution >= 4 is 5.97 Å². The van der Waals surface area contributed by atoms with Crippen LogP contribution in [0.25, 0.3) is 11.1 Å². The Bertz CT molecular complexity index is 2440. The van der Waals surface area contributed by atoms with E-state index < -0.39 is 30.5 Å². The molecule has 0 N–H and O–H groups in total. The lowest BCUT2D eigenvalue weighted by molar-refractivity contribution is -0.275. The fraction of sp³-hybridized carbons (Fsp3) is 0.255. The zero-order chi connectivity index (χ0) is 43.2. The Morgan fingerprint density at radius 3 is 1.59 bits per heavy atom. The minimum atomic E-state index is -0.627. The van der Waals surface area contributed by atoms with Crippen LogP contribution in [0.5, 0.6) is 0 Å². The van der Waals surface area contributed by atoms with E-state index in [1.807, 2.05) is 103 Å². The van der Waals surface area contributed by atoms with Crippen molar-refractivity contribution in [2.75, 3.05) is 20.8 Å². The molecule has 5 aromatic carbocycles. The Labute approximate surface area is 370 Å². The predicted octanol–water partition coefficient (Wildman–Crippen LogP) is 10.7. The molecule has 5 atom stereocenters. The first kappa shape index (κ1) is 43.7. The van der Waals surface area contributed by atoms with Gasteiger partial charge in [-0.2, -0.15) is 0 Å². The van der Waals surface area contributed by atoms with Crippen molar-refractivity contribution in [2.24, 2.45) is 0 Å². The number of benzene rings is 5. The smallest absolute Gasteiger partial charge is 0.338 e. The number of esters is 1. The van der Waals surface area contributed by atoms with Crippen LogP contribution in [0.2, 0.25) is 0 Å². The largest absolute Gasteiger partial charge is 0.465 e. The van der Waals surface area contributed by atoms with Gasteiger partial charge in [0.05, 0.1) is 52.3 Å². The Kier molecular flexibility index (Phi) is 15.2. The molecule has 322 valence electrons. The summed E-state index contributed by atoms with van der Waals surface area (Å²) in [5.41, 5.74) is 10.2. The summed E-state index contributed by atoms with van der Waals surface area (Å²) in [5.74, 6) is -0.372. The fourth-order valence-corrected chi connectivity index (χ4v) is 8.42. The summed E-state index contributed by atoms with van der Waals surface area (Å²) in [6.45, 7) is 2.01. The van der Waals surface area contributed by atoms with E-state index in [2.05, 4.69) is 72.8 Å². The van der Waals surface area contributed by atoms with Crippen molar-refractivity contribution in [2.45, 2.75) is 70.0 Å². The van der Waals surface area contributed by atoms with Crippen LogP contribution in [0.1, 0.15) is 61.0 Å². The van der Waals surface area contributed by atoms with Crippen LogP contribution in [-0.4, -0.2) is 51.2 Å². The lowest BCUT2D eigenvalue weighted by Crippen LogP contribution is -2.58. The number of methoxy groups -OCH3 is 2. The second-order valence-corrected chi connectivity index (χ2v) is 15.9. The average Bonchev–Trinajstić information content (AvgIpc) is 3.49. The quantitative estimate of drug-likeness (QED) is 0.0745. The first-order valence-corrected chi connectivity index (χ1v) is 21.5. The molecule has 2 aliphatic carbocycles. The van der Waals surface area contributed by atoms with E-state index in [0.29, 0.717) is 45.0 Å². The second kappa shape index (κ2) is 21.9. The summed E-state index contributed by atoms with van der Waals surface area (Å²) in [6, 6.07) is 58.9. The number of fused-ring (bicyclic) bond motifs is 1. The number of ether oxygens (including phenoxy) is 7. The molecule has 3 aliphatic rings. The Morgan fingerprint density at radius 1 is 0.508 bits per heavy atom. The van der Waals surface area contributed by atoms with Gasteiger partial charge in [0, 0.05) is 7.11 Å². The van der Waals surface area contributed by atoms with E-state index in [9.17, 15) is 4.79 Å². The first-order chi connectivity index (χ1) is 31.1. The van der Waals surface area contributed by atoms with Crippen LogP contribution in [0.15, 0.2) is 176 Å². The fourth-order valence-electron chi connectivity index (χ4n) is 8.42. The normalized spacial score (nSPS) is 18.6. The first-order valence-electron chi connectivity index (χ1n) is 21.5. The third-order valence-electron chi connectivity index (χ3n) is 11.4. The van der Waals surface area contributed by atoms with Crippen LogP contribution in [0.3, 0.4) is 0 Å². The highest BCUT2D eigenvalue weighted by Crippen LogP contribution is 2.40. The maximum absolute atomic E-state index is 13.4. The highest BCUT2D eigenvalue weighted by Gasteiger charge is 2.49. The van der Waals surface area contributed by atoms with Crippen LogP contribution in [0, 0.1) is 0 Å². The molecular formula is C55H54O8. The molecule has 1 aliphatic heterocycles. The standard InChI is InChI=1S/C55H54O8/c1-57-33-44-28-43(29-46-32-45-26-16-7-17-27-48(45)50(46)55(56)58-2)30-47(31-44)51-53(61-36-41-22-12-5-13-23-41)54(62-37-42-24-14-6-15-25-42)52(60-35-40-20-10-4-11-21-40)49(63-51)38-59-34-39-18-8-3-9-19-39/h3-28,30-32,49,51-54H,29,33-38H2,1-2H3/t49-,51+,52-,53+,54+/m1/s1. The number of carbonyl (C=O) groups is 1. The summed E-state index contributed by atoms with van der Waals surface area (Å²) < 4.78 is 45.9. The van der Waals surface area contributed by atoms with E-state index in [1.54, 1.807) is 7.11 Å². The molecule has 8 rings (SSSR count). The SMILES string of the molecule is COCc1cc(Cc2cc3cccccc-3c2C(=O)OC)cc([C@@H]2O[C@H](COCc3ccccc3)[C@@H](OCc3ccccc3)[C@H](OCc3ccccc3)[C@H]2OCc2ccccc2)c1. The van der Waals surface area contributed by atoms with Crippen molar-refractivity contribution in [1.82, 2.24) is 0 Å². The van der Waals surface area contributed by atoms with E-state index in [4.69, 9.17) is 33.2 Å². The molecule has 63 heavy (non-hydrogen) atoms. The summed E-state index contributed by atoms with van der Waals surface area (Å²) >= 11 is 0. The molecule has 0 amide bonds. The molecule has 5 aromatic rings. The summed E-state index contributed by atoms with van der Waals surface area (Å²) in [4.78, 5) is 13.4. The average molecular weight is 843 g/mol. The summed E-state index contributed by atoms with van der Waals surface area (Å²) in [5, 5.41) is 0. The van der Waals surface area contributed by atoms with Gasteiger partial charge in [-0.05, 0) is 68.1 Å². The Morgan fingerprint density at radius 2 is 1.02 bits per heavy atom. The molecule has 0 spiro atoms.